The van der Waals surface area contributed by atoms with Gasteiger partial charge in [0.05, 0.1) is 5.69 Å². The second-order valence-electron chi connectivity index (χ2n) is 7.30. The van der Waals surface area contributed by atoms with E-state index in [9.17, 15) is 9.59 Å². The third kappa shape index (κ3) is 3.79. The first-order valence-corrected chi connectivity index (χ1v) is 9.15. The second-order valence-corrected chi connectivity index (χ2v) is 7.30. The van der Waals surface area contributed by atoms with Crippen molar-refractivity contribution in [1.82, 2.24) is 14.9 Å². The van der Waals surface area contributed by atoms with Gasteiger partial charge in [-0.25, -0.2) is 4.98 Å². The van der Waals surface area contributed by atoms with Gasteiger partial charge in [-0.2, -0.15) is 0 Å². The van der Waals surface area contributed by atoms with Crippen molar-refractivity contribution in [2.45, 2.75) is 59.5 Å². The SMILES string of the molecule is Cc1cc(C)cc(NC(=O)c2nc(C(=O)NC(C)C)n3c2CCCC3)c1. The van der Waals surface area contributed by atoms with Crippen molar-refractivity contribution in [2.24, 2.45) is 0 Å². The van der Waals surface area contributed by atoms with Crippen molar-refractivity contribution in [1.29, 1.82) is 0 Å². The Morgan fingerprint density at radius 2 is 1.77 bits per heavy atom. The summed E-state index contributed by atoms with van der Waals surface area (Å²) < 4.78 is 1.90. The van der Waals surface area contributed by atoms with E-state index in [-0.39, 0.29) is 17.9 Å². The molecule has 0 unspecified atom stereocenters. The summed E-state index contributed by atoms with van der Waals surface area (Å²) in [6.45, 7) is 8.53. The minimum Gasteiger partial charge on any atom is -0.347 e. The summed E-state index contributed by atoms with van der Waals surface area (Å²) in [6.07, 6.45) is 2.75. The number of aryl methyl sites for hydroxylation is 2. The lowest BCUT2D eigenvalue weighted by Crippen LogP contribution is -2.33. The van der Waals surface area contributed by atoms with E-state index in [1.54, 1.807) is 0 Å². The van der Waals surface area contributed by atoms with Crippen LogP contribution in [0.5, 0.6) is 0 Å². The zero-order valence-electron chi connectivity index (χ0n) is 15.8. The first-order chi connectivity index (χ1) is 12.3. The summed E-state index contributed by atoms with van der Waals surface area (Å²) >= 11 is 0. The molecule has 138 valence electrons. The predicted octanol–water partition coefficient (Wildman–Crippen LogP) is 3.23. The fraction of sp³-hybridized carbons (Fsp3) is 0.450. The highest BCUT2D eigenvalue weighted by Gasteiger charge is 2.27. The largest absolute Gasteiger partial charge is 0.347 e. The standard InChI is InChI=1S/C20H26N4O2/c1-12(2)21-20(26)18-23-17(16-7-5-6-8-24(16)18)19(25)22-15-10-13(3)9-14(4)11-15/h9-12H,5-8H2,1-4H3,(H,21,26)(H,22,25). The molecule has 0 radical (unpaired) electrons. The molecule has 0 aliphatic carbocycles. The first-order valence-electron chi connectivity index (χ1n) is 9.15. The molecule has 0 fully saturated rings. The molecule has 1 aromatic carbocycles. The van der Waals surface area contributed by atoms with Gasteiger partial charge in [0, 0.05) is 18.3 Å². The number of hydrogen-bond donors (Lipinski definition) is 2. The number of benzene rings is 1. The number of amides is 2. The van der Waals surface area contributed by atoms with Crippen LogP contribution >= 0.6 is 0 Å². The maximum Gasteiger partial charge on any atom is 0.287 e. The molecule has 0 atom stereocenters. The molecule has 2 N–H and O–H groups in total. The van der Waals surface area contributed by atoms with Crippen molar-refractivity contribution in [3.8, 4) is 0 Å². The van der Waals surface area contributed by atoms with Gasteiger partial charge in [-0.1, -0.05) is 6.07 Å². The van der Waals surface area contributed by atoms with Crippen LogP contribution in [0.15, 0.2) is 18.2 Å². The maximum absolute atomic E-state index is 12.8. The molecule has 0 spiro atoms. The van der Waals surface area contributed by atoms with Crippen LogP contribution in [0, 0.1) is 13.8 Å². The predicted molar refractivity (Wildman–Crippen MR) is 102 cm³/mol. The summed E-state index contributed by atoms with van der Waals surface area (Å²) in [5, 5.41) is 5.81. The molecule has 0 saturated carbocycles. The van der Waals surface area contributed by atoms with Crippen LogP contribution in [0.1, 0.15) is 64.6 Å². The van der Waals surface area contributed by atoms with E-state index < -0.39 is 0 Å². The van der Waals surface area contributed by atoms with Gasteiger partial charge in [0.25, 0.3) is 11.8 Å². The number of carbonyl (C=O) groups is 2. The summed E-state index contributed by atoms with van der Waals surface area (Å²) in [5.74, 6) is -0.156. The molecule has 1 aromatic heterocycles. The van der Waals surface area contributed by atoms with E-state index in [1.807, 2.05) is 44.4 Å². The quantitative estimate of drug-likeness (QED) is 0.885. The summed E-state index contributed by atoms with van der Waals surface area (Å²) in [4.78, 5) is 29.8. The second kappa shape index (κ2) is 7.32. The van der Waals surface area contributed by atoms with Crippen molar-refractivity contribution in [3.05, 3.63) is 46.5 Å². The van der Waals surface area contributed by atoms with Gasteiger partial charge < -0.3 is 15.2 Å². The molecule has 2 aromatic rings. The molecular formula is C20H26N4O2. The van der Waals surface area contributed by atoms with E-state index in [4.69, 9.17) is 0 Å². The number of imidazole rings is 1. The minimum absolute atomic E-state index is 0.0200. The lowest BCUT2D eigenvalue weighted by atomic mass is 10.1. The maximum atomic E-state index is 12.8. The average Bonchev–Trinajstić information content (AvgIpc) is 2.93. The molecule has 0 bridgehead atoms. The van der Waals surface area contributed by atoms with Crippen LogP contribution in [0.25, 0.3) is 0 Å². The lowest BCUT2D eigenvalue weighted by Gasteiger charge is -2.17. The average molecular weight is 354 g/mol. The molecule has 26 heavy (non-hydrogen) atoms. The number of nitrogens with zero attached hydrogens (tertiary/aromatic N) is 2. The van der Waals surface area contributed by atoms with Crippen molar-refractivity contribution in [3.63, 3.8) is 0 Å². The number of carbonyl (C=O) groups excluding carboxylic acids is 2. The Balaban J connectivity index is 1.92. The Hall–Kier alpha value is -2.63. The normalized spacial score (nSPS) is 13.4. The van der Waals surface area contributed by atoms with Gasteiger partial charge in [0.15, 0.2) is 11.5 Å². The zero-order chi connectivity index (χ0) is 18.8. The van der Waals surface area contributed by atoms with E-state index in [0.717, 1.165) is 48.3 Å². The Bertz CT molecular complexity index is 831. The molecule has 6 nitrogen and oxygen atoms in total. The van der Waals surface area contributed by atoms with E-state index in [1.165, 1.54) is 0 Å². The summed E-state index contributed by atoms with van der Waals surface area (Å²) in [5.41, 5.74) is 4.14. The molecule has 2 heterocycles. The van der Waals surface area contributed by atoms with E-state index >= 15 is 0 Å². The molecule has 2 amide bonds. The van der Waals surface area contributed by atoms with Crippen molar-refractivity contribution in [2.75, 3.05) is 5.32 Å². The van der Waals surface area contributed by atoms with E-state index in [2.05, 4.69) is 21.7 Å². The van der Waals surface area contributed by atoms with Crippen molar-refractivity contribution >= 4 is 17.5 Å². The van der Waals surface area contributed by atoms with Crippen molar-refractivity contribution < 1.29 is 9.59 Å². The van der Waals surface area contributed by atoms with Crippen LogP contribution < -0.4 is 10.6 Å². The molecule has 3 rings (SSSR count). The highest BCUT2D eigenvalue weighted by molar-refractivity contribution is 6.05. The zero-order valence-corrected chi connectivity index (χ0v) is 15.8. The molecule has 0 saturated heterocycles. The van der Waals surface area contributed by atoms with E-state index in [0.29, 0.717) is 11.5 Å². The third-order valence-electron chi connectivity index (χ3n) is 4.44. The Morgan fingerprint density at radius 1 is 1.08 bits per heavy atom. The van der Waals surface area contributed by atoms with Crippen LogP contribution in [0.2, 0.25) is 0 Å². The van der Waals surface area contributed by atoms with Crippen LogP contribution in [0.4, 0.5) is 5.69 Å². The van der Waals surface area contributed by atoms with Gasteiger partial charge in [0.1, 0.15) is 0 Å². The first kappa shape index (κ1) is 18.2. The smallest absolute Gasteiger partial charge is 0.287 e. The molecule has 1 aliphatic heterocycles. The number of rotatable bonds is 4. The highest BCUT2D eigenvalue weighted by Crippen LogP contribution is 2.23. The van der Waals surface area contributed by atoms with Gasteiger partial charge in [-0.15, -0.1) is 0 Å². The summed E-state index contributed by atoms with van der Waals surface area (Å²) in [6, 6.07) is 5.94. The summed E-state index contributed by atoms with van der Waals surface area (Å²) in [7, 11) is 0. The fourth-order valence-corrected chi connectivity index (χ4v) is 3.46. The fourth-order valence-electron chi connectivity index (χ4n) is 3.46. The van der Waals surface area contributed by atoms with Crippen LogP contribution in [0.3, 0.4) is 0 Å². The van der Waals surface area contributed by atoms with Crippen LogP contribution in [-0.4, -0.2) is 27.4 Å². The van der Waals surface area contributed by atoms with Gasteiger partial charge in [-0.05, 0) is 70.2 Å². The van der Waals surface area contributed by atoms with Gasteiger partial charge in [0.2, 0.25) is 0 Å². The van der Waals surface area contributed by atoms with Gasteiger partial charge in [-0.3, -0.25) is 9.59 Å². The highest BCUT2D eigenvalue weighted by atomic mass is 16.2. The number of nitrogens with one attached hydrogen (secondary N) is 2. The molecule has 6 heteroatoms. The lowest BCUT2D eigenvalue weighted by molar-refractivity contribution is 0.0927. The Morgan fingerprint density at radius 3 is 2.42 bits per heavy atom. The monoisotopic (exact) mass is 354 g/mol. The minimum atomic E-state index is -0.260. The topological polar surface area (TPSA) is 76.0 Å². The number of fused-ring (bicyclic) bond motifs is 1. The number of hydrogen-bond acceptors (Lipinski definition) is 3. The molecule has 1 aliphatic rings. The Kier molecular flexibility index (Phi) is 5.11. The number of aromatic nitrogens is 2. The number of anilines is 1. The molecular weight excluding hydrogens is 328 g/mol. The Labute approximate surface area is 154 Å². The van der Waals surface area contributed by atoms with Crippen LogP contribution in [-0.2, 0) is 13.0 Å². The van der Waals surface area contributed by atoms with Gasteiger partial charge >= 0.3 is 0 Å². The third-order valence-corrected chi connectivity index (χ3v) is 4.44.